The second kappa shape index (κ2) is 4.79. The van der Waals surface area contributed by atoms with Gasteiger partial charge in [-0.25, -0.2) is 0 Å². The number of carboxylic acids is 1. The third-order valence-electron chi connectivity index (χ3n) is 4.00. The van der Waals surface area contributed by atoms with Gasteiger partial charge in [-0.2, -0.15) is 0 Å². The molecular formula is C14H15NO5. The quantitative estimate of drug-likeness (QED) is 0.722. The predicted octanol–water partition coefficient (Wildman–Crippen LogP) is 1.21. The minimum atomic E-state index is -0.983. The monoisotopic (exact) mass is 277 g/mol. The summed E-state index contributed by atoms with van der Waals surface area (Å²) in [7, 11) is 0. The molecule has 106 valence electrons. The molecular weight excluding hydrogens is 262 g/mol. The summed E-state index contributed by atoms with van der Waals surface area (Å²) in [6.45, 7) is 0. The van der Waals surface area contributed by atoms with Crippen LogP contribution in [0.15, 0.2) is 24.3 Å². The normalized spacial score (nSPS) is 31.2. The van der Waals surface area contributed by atoms with Crippen LogP contribution in [0.25, 0.3) is 0 Å². The van der Waals surface area contributed by atoms with Crippen molar-refractivity contribution in [2.24, 2.45) is 11.8 Å². The highest BCUT2D eigenvalue weighted by atomic mass is 16.5. The van der Waals surface area contributed by atoms with E-state index in [1.165, 1.54) is 12.1 Å². The van der Waals surface area contributed by atoms with Gasteiger partial charge in [-0.15, -0.1) is 0 Å². The van der Waals surface area contributed by atoms with Gasteiger partial charge in [0.2, 0.25) is 5.91 Å². The average Bonchev–Trinajstić information content (AvgIpc) is 3.01. The summed E-state index contributed by atoms with van der Waals surface area (Å²) in [4.78, 5) is 23.6. The van der Waals surface area contributed by atoms with Gasteiger partial charge in [0.25, 0.3) is 0 Å². The summed E-state index contributed by atoms with van der Waals surface area (Å²) in [6.07, 6.45) is 0.762. The summed E-state index contributed by atoms with van der Waals surface area (Å²) >= 11 is 0. The number of benzene rings is 1. The van der Waals surface area contributed by atoms with Crippen molar-refractivity contribution in [3.05, 3.63) is 24.3 Å². The molecule has 0 radical (unpaired) electrons. The lowest BCUT2D eigenvalue weighted by Crippen LogP contribution is -2.40. The van der Waals surface area contributed by atoms with Gasteiger partial charge in [-0.3, -0.25) is 9.59 Å². The highest BCUT2D eigenvalue weighted by Gasteiger charge is 2.55. The third kappa shape index (κ3) is 2.12. The van der Waals surface area contributed by atoms with Gasteiger partial charge in [-0.1, -0.05) is 0 Å². The number of fused-ring (bicyclic) bond motifs is 2. The Balaban J connectivity index is 1.76. The van der Waals surface area contributed by atoms with E-state index in [1.54, 1.807) is 12.1 Å². The van der Waals surface area contributed by atoms with Crippen molar-refractivity contribution in [3.8, 4) is 5.75 Å². The van der Waals surface area contributed by atoms with Crippen LogP contribution in [0.1, 0.15) is 12.8 Å². The molecule has 2 bridgehead atoms. The van der Waals surface area contributed by atoms with Gasteiger partial charge < -0.3 is 20.3 Å². The van der Waals surface area contributed by atoms with Crippen LogP contribution in [-0.4, -0.2) is 34.3 Å². The standard InChI is InChI=1S/C14H15NO5/c16-8-3-1-7(2-4-8)15-13(17)11-9-5-6-10(20-9)12(11)14(18)19/h1-4,9-12,16H,5-6H2,(H,15,17)(H,18,19)/t9-,10+,11?,12?/m1/s1. The van der Waals surface area contributed by atoms with Gasteiger partial charge >= 0.3 is 5.97 Å². The lowest BCUT2D eigenvalue weighted by molar-refractivity contribution is -0.147. The molecule has 1 amide bonds. The molecule has 2 saturated heterocycles. The third-order valence-corrected chi connectivity index (χ3v) is 4.00. The van der Waals surface area contributed by atoms with Crippen molar-refractivity contribution in [2.45, 2.75) is 25.0 Å². The summed E-state index contributed by atoms with van der Waals surface area (Å²) < 4.78 is 5.56. The topological polar surface area (TPSA) is 95.9 Å². The number of nitrogens with one attached hydrogen (secondary N) is 1. The van der Waals surface area contributed by atoms with Crippen LogP contribution in [0.3, 0.4) is 0 Å². The fourth-order valence-corrected chi connectivity index (χ4v) is 3.09. The number of ether oxygens (including phenoxy) is 1. The summed E-state index contributed by atoms with van der Waals surface area (Å²) in [6, 6.07) is 6.05. The SMILES string of the molecule is O=C(O)C1C(C(=O)Nc2ccc(O)cc2)[C@H]2CC[C@@H]1O2. The number of rotatable bonds is 3. The second-order valence-electron chi connectivity index (χ2n) is 5.22. The minimum absolute atomic E-state index is 0.106. The van der Waals surface area contributed by atoms with E-state index in [-0.39, 0.29) is 23.9 Å². The van der Waals surface area contributed by atoms with Gasteiger partial charge in [0.15, 0.2) is 0 Å². The number of anilines is 1. The minimum Gasteiger partial charge on any atom is -0.508 e. The first kappa shape index (κ1) is 12.9. The van der Waals surface area contributed by atoms with Crippen molar-refractivity contribution in [2.75, 3.05) is 5.32 Å². The molecule has 2 aliphatic rings. The van der Waals surface area contributed by atoms with E-state index in [1.807, 2.05) is 0 Å². The molecule has 6 nitrogen and oxygen atoms in total. The Morgan fingerprint density at radius 3 is 2.30 bits per heavy atom. The first-order valence-electron chi connectivity index (χ1n) is 6.54. The molecule has 2 aliphatic heterocycles. The number of aromatic hydroxyl groups is 1. The molecule has 20 heavy (non-hydrogen) atoms. The van der Waals surface area contributed by atoms with Crippen molar-refractivity contribution in [1.82, 2.24) is 0 Å². The fourth-order valence-electron chi connectivity index (χ4n) is 3.09. The number of phenols is 1. The van der Waals surface area contributed by atoms with Crippen LogP contribution >= 0.6 is 0 Å². The number of hydrogen-bond donors (Lipinski definition) is 3. The summed E-state index contributed by atoms with van der Waals surface area (Å²) in [5.74, 6) is -2.64. The molecule has 3 N–H and O–H groups in total. The Morgan fingerprint density at radius 2 is 1.70 bits per heavy atom. The van der Waals surface area contributed by atoms with Crippen molar-refractivity contribution < 1.29 is 24.5 Å². The Morgan fingerprint density at radius 1 is 1.10 bits per heavy atom. The first-order chi connectivity index (χ1) is 9.56. The van der Waals surface area contributed by atoms with E-state index in [0.29, 0.717) is 12.1 Å². The van der Waals surface area contributed by atoms with Crippen LogP contribution in [0, 0.1) is 11.8 Å². The number of phenolic OH excluding ortho intramolecular Hbond substituents is 1. The van der Waals surface area contributed by atoms with Crippen molar-refractivity contribution >= 4 is 17.6 Å². The molecule has 0 saturated carbocycles. The molecule has 1 aromatic carbocycles. The number of aliphatic carboxylic acids is 1. The Hall–Kier alpha value is -2.08. The van der Waals surface area contributed by atoms with Gasteiger partial charge in [-0.05, 0) is 37.1 Å². The zero-order chi connectivity index (χ0) is 14.3. The molecule has 3 rings (SSSR count). The Labute approximate surface area is 115 Å². The lowest BCUT2D eigenvalue weighted by Gasteiger charge is -2.23. The van der Waals surface area contributed by atoms with Crippen LogP contribution in [0.2, 0.25) is 0 Å². The summed E-state index contributed by atoms with van der Waals surface area (Å²) in [5.41, 5.74) is 0.528. The predicted molar refractivity (Wildman–Crippen MR) is 69.2 cm³/mol. The molecule has 1 aromatic rings. The summed E-state index contributed by atoms with van der Waals surface area (Å²) in [5, 5.41) is 21.1. The zero-order valence-electron chi connectivity index (χ0n) is 10.7. The second-order valence-corrected chi connectivity index (χ2v) is 5.22. The Kier molecular flexibility index (Phi) is 3.10. The number of carboxylic acid groups (broad SMARTS) is 1. The molecule has 4 atom stereocenters. The zero-order valence-corrected chi connectivity index (χ0v) is 10.7. The lowest BCUT2D eigenvalue weighted by atomic mass is 9.78. The molecule has 6 heteroatoms. The molecule has 2 unspecified atom stereocenters. The van der Waals surface area contributed by atoms with Crippen LogP contribution in [0.5, 0.6) is 5.75 Å². The van der Waals surface area contributed by atoms with E-state index in [0.717, 1.165) is 6.42 Å². The number of hydrogen-bond acceptors (Lipinski definition) is 4. The van der Waals surface area contributed by atoms with E-state index >= 15 is 0 Å². The Bertz CT molecular complexity index is 541. The average molecular weight is 277 g/mol. The van der Waals surface area contributed by atoms with Crippen molar-refractivity contribution in [3.63, 3.8) is 0 Å². The molecule has 0 aromatic heterocycles. The molecule has 0 spiro atoms. The highest BCUT2D eigenvalue weighted by molar-refractivity contribution is 5.96. The van der Waals surface area contributed by atoms with Crippen LogP contribution in [0.4, 0.5) is 5.69 Å². The van der Waals surface area contributed by atoms with E-state index in [4.69, 9.17) is 4.74 Å². The fraction of sp³-hybridized carbons (Fsp3) is 0.429. The van der Waals surface area contributed by atoms with Crippen LogP contribution < -0.4 is 5.32 Å². The van der Waals surface area contributed by atoms with Gasteiger partial charge in [0, 0.05) is 5.69 Å². The maximum atomic E-state index is 12.3. The maximum Gasteiger partial charge on any atom is 0.310 e. The largest absolute Gasteiger partial charge is 0.508 e. The first-order valence-corrected chi connectivity index (χ1v) is 6.54. The maximum absolute atomic E-state index is 12.3. The van der Waals surface area contributed by atoms with Crippen LogP contribution in [-0.2, 0) is 14.3 Å². The smallest absolute Gasteiger partial charge is 0.310 e. The molecule has 2 fully saturated rings. The number of amides is 1. The molecule has 2 heterocycles. The van der Waals surface area contributed by atoms with E-state index < -0.39 is 17.8 Å². The van der Waals surface area contributed by atoms with Gasteiger partial charge in [0.05, 0.1) is 24.0 Å². The number of carbonyl (C=O) groups is 2. The highest BCUT2D eigenvalue weighted by Crippen LogP contribution is 2.44. The van der Waals surface area contributed by atoms with E-state index in [2.05, 4.69) is 5.32 Å². The van der Waals surface area contributed by atoms with Crippen molar-refractivity contribution in [1.29, 1.82) is 0 Å². The van der Waals surface area contributed by atoms with E-state index in [9.17, 15) is 19.8 Å². The van der Waals surface area contributed by atoms with Gasteiger partial charge in [0.1, 0.15) is 5.75 Å². The number of carbonyl (C=O) groups excluding carboxylic acids is 1. The molecule has 0 aliphatic carbocycles.